The molecule has 5 aromatic rings. The number of hydrogen-bond acceptors (Lipinski definition) is 6. The lowest BCUT2D eigenvalue weighted by atomic mass is 10.1. The minimum atomic E-state index is -0.387. The molecule has 3 heterocycles. The summed E-state index contributed by atoms with van der Waals surface area (Å²) in [5.41, 5.74) is 5.83. The van der Waals surface area contributed by atoms with Crippen LogP contribution in [0.3, 0.4) is 0 Å². The highest BCUT2D eigenvalue weighted by molar-refractivity contribution is 5.85. The van der Waals surface area contributed by atoms with Crippen LogP contribution in [-0.4, -0.2) is 50.7 Å². The molecule has 0 amide bonds. The van der Waals surface area contributed by atoms with Crippen LogP contribution in [0.4, 0.5) is 27.1 Å². The van der Waals surface area contributed by atoms with Crippen molar-refractivity contribution in [1.29, 1.82) is 0 Å². The van der Waals surface area contributed by atoms with Crippen LogP contribution in [0.2, 0.25) is 0 Å². The minimum absolute atomic E-state index is 0. The highest BCUT2D eigenvalue weighted by Crippen LogP contribution is 2.27. The second-order valence-electron chi connectivity index (χ2n) is 11.5. The summed E-state index contributed by atoms with van der Waals surface area (Å²) in [7, 11) is 1.94. The number of fused-ring (bicyclic) bond motifs is 2. The SMILES string of the molecule is CCN1CCN(c2ccc(Nc3cc4c(ccc(/C=C/c5cc6ccc(N(CC)CC)cc6oc5=O)[n+]4C)cc3F)cc2)CC1.[I-]. The lowest BCUT2D eigenvalue weighted by Crippen LogP contribution is -3.00. The van der Waals surface area contributed by atoms with Crippen LogP contribution in [0.5, 0.6) is 0 Å². The smallest absolute Gasteiger partial charge is 0.343 e. The minimum Gasteiger partial charge on any atom is -1.00 e. The molecular formula is C37H41FIN5O2. The molecule has 2 aromatic heterocycles. The third-order valence-corrected chi connectivity index (χ3v) is 8.94. The Hall–Kier alpha value is -3.96. The number of nitrogens with one attached hydrogen (secondary N) is 1. The van der Waals surface area contributed by atoms with Crippen LogP contribution in [-0.2, 0) is 7.05 Å². The lowest BCUT2D eigenvalue weighted by Gasteiger charge is -2.35. The van der Waals surface area contributed by atoms with Gasteiger partial charge in [0.15, 0.2) is 0 Å². The number of benzene rings is 3. The first-order chi connectivity index (χ1) is 21.9. The lowest BCUT2D eigenvalue weighted by molar-refractivity contribution is -0.646. The zero-order valence-corrected chi connectivity index (χ0v) is 29.1. The fourth-order valence-corrected chi connectivity index (χ4v) is 6.12. The Morgan fingerprint density at radius 3 is 2.30 bits per heavy atom. The normalized spacial score (nSPS) is 13.8. The van der Waals surface area contributed by atoms with Crippen molar-refractivity contribution in [2.24, 2.45) is 7.05 Å². The van der Waals surface area contributed by atoms with Crippen LogP contribution >= 0.6 is 0 Å². The third-order valence-electron chi connectivity index (χ3n) is 8.94. The fourth-order valence-electron chi connectivity index (χ4n) is 6.12. The number of halogens is 2. The van der Waals surface area contributed by atoms with E-state index < -0.39 is 0 Å². The molecule has 0 spiro atoms. The molecule has 7 nitrogen and oxygen atoms in total. The number of anilines is 4. The highest BCUT2D eigenvalue weighted by Gasteiger charge is 2.17. The van der Waals surface area contributed by atoms with E-state index in [1.807, 2.05) is 66.2 Å². The van der Waals surface area contributed by atoms with E-state index >= 15 is 4.39 Å². The van der Waals surface area contributed by atoms with E-state index in [-0.39, 0.29) is 35.4 Å². The van der Waals surface area contributed by atoms with E-state index in [4.69, 9.17) is 4.42 Å². The Bertz CT molecular complexity index is 1910. The average molecular weight is 734 g/mol. The van der Waals surface area contributed by atoms with Gasteiger partial charge in [-0.05, 0) is 81.1 Å². The molecule has 3 aromatic carbocycles. The van der Waals surface area contributed by atoms with Crippen molar-refractivity contribution >= 4 is 56.8 Å². The topological polar surface area (TPSA) is 55.8 Å². The van der Waals surface area contributed by atoms with Crippen molar-refractivity contribution < 1.29 is 37.4 Å². The van der Waals surface area contributed by atoms with E-state index in [0.717, 1.165) is 79.2 Å². The molecule has 46 heavy (non-hydrogen) atoms. The van der Waals surface area contributed by atoms with Crippen molar-refractivity contribution in [3.63, 3.8) is 0 Å². The summed E-state index contributed by atoms with van der Waals surface area (Å²) in [6.07, 6.45) is 3.66. The number of pyridine rings is 1. The molecule has 9 heteroatoms. The average Bonchev–Trinajstić information content (AvgIpc) is 3.06. The van der Waals surface area contributed by atoms with Crippen LogP contribution < -0.4 is 49.3 Å². The summed E-state index contributed by atoms with van der Waals surface area (Å²) in [5.74, 6) is -0.316. The van der Waals surface area contributed by atoms with Crippen LogP contribution in [0.15, 0.2) is 82.0 Å². The number of hydrogen-bond donors (Lipinski definition) is 1. The van der Waals surface area contributed by atoms with Crippen molar-refractivity contribution in [2.45, 2.75) is 20.8 Å². The predicted molar refractivity (Wildman–Crippen MR) is 184 cm³/mol. The van der Waals surface area contributed by atoms with E-state index in [1.165, 1.54) is 5.69 Å². The first-order valence-corrected chi connectivity index (χ1v) is 15.8. The number of nitrogens with zero attached hydrogens (tertiary/aromatic N) is 4. The van der Waals surface area contributed by atoms with Gasteiger partial charge in [-0.3, -0.25) is 0 Å². The van der Waals surface area contributed by atoms with Gasteiger partial charge in [-0.25, -0.2) is 9.18 Å². The summed E-state index contributed by atoms with van der Waals surface area (Å²) in [5, 5.41) is 4.92. The number of rotatable bonds is 9. The third kappa shape index (κ3) is 7.05. The van der Waals surface area contributed by atoms with Crippen LogP contribution in [0.1, 0.15) is 32.0 Å². The molecule has 6 rings (SSSR count). The van der Waals surface area contributed by atoms with Crippen LogP contribution in [0, 0.1) is 5.82 Å². The molecule has 0 radical (unpaired) electrons. The monoisotopic (exact) mass is 733 g/mol. The van der Waals surface area contributed by atoms with Gasteiger partial charge in [0.05, 0.1) is 11.3 Å². The Morgan fingerprint density at radius 1 is 0.891 bits per heavy atom. The Balaban J connectivity index is 0.00000417. The van der Waals surface area contributed by atoms with Gasteiger partial charge < -0.3 is 48.4 Å². The number of aryl methyl sites for hydroxylation is 1. The number of piperazine rings is 1. The largest absolute Gasteiger partial charge is 1.00 e. The predicted octanol–water partition coefficient (Wildman–Crippen LogP) is 3.82. The van der Waals surface area contributed by atoms with Gasteiger partial charge in [0.2, 0.25) is 11.2 Å². The second-order valence-corrected chi connectivity index (χ2v) is 11.5. The van der Waals surface area contributed by atoms with E-state index in [2.05, 4.69) is 59.0 Å². The molecule has 1 saturated heterocycles. The molecule has 1 fully saturated rings. The molecule has 0 saturated carbocycles. The molecule has 1 N–H and O–H groups in total. The summed E-state index contributed by atoms with van der Waals surface area (Å²) in [6.45, 7) is 13.4. The molecule has 0 atom stereocenters. The molecule has 240 valence electrons. The molecule has 0 unspecified atom stereocenters. The zero-order chi connectivity index (χ0) is 31.5. The molecule has 0 aliphatic carbocycles. The Morgan fingerprint density at radius 2 is 1.61 bits per heavy atom. The van der Waals surface area contributed by atoms with Gasteiger partial charge in [-0.1, -0.05) is 6.92 Å². The van der Waals surface area contributed by atoms with Gasteiger partial charge in [0.1, 0.15) is 18.4 Å². The Labute approximate surface area is 286 Å². The quantitative estimate of drug-likeness (QED) is 0.142. The first kappa shape index (κ1) is 33.4. The second kappa shape index (κ2) is 14.6. The highest BCUT2D eigenvalue weighted by atomic mass is 127. The van der Waals surface area contributed by atoms with E-state index in [0.29, 0.717) is 16.8 Å². The molecule has 1 aliphatic heterocycles. The molecule has 0 bridgehead atoms. The maximum Gasteiger partial charge on any atom is 0.343 e. The van der Waals surface area contributed by atoms with Crippen molar-refractivity contribution in [2.75, 3.05) is 60.9 Å². The fraction of sp³-hybridized carbons (Fsp3) is 0.297. The van der Waals surface area contributed by atoms with Crippen molar-refractivity contribution in [1.82, 2.24) is 4.90 Å². The van der Waals surface area contributed by atoms with Crippen molar-refractivity contribution in [3.05, 3.63) is 100 Å². The maximum absolute atomic E-state index is 15.2. The zero-order valence-electron chi connectivity index (χ0n) is 26.9. The summed E-state index contributed by atoms with van der Waals surface area (Å²) >= 11 is 0. The van der Waals surface area contributed by atoms with E-state index in [1.54, 1.807) is 12.1 Å². The summed E-state index contributed by atoms with van der Waals surface area (Å²) in [4.78, 5) is 19.9. The van der Waals surface area contributed by atoms with Crippen LogP contribution in [0.25, 0.3) is 34.0 Å². The first-order valence-electron chi connectivity index (χ1n) is 15.8. The molecule has 1 aliphatic rings. The van der Waals surface area contributed by atoms with Gasteiger partial charge >= 0.3 is 5.63 Å². The number of likely N-dealkylation sites (N-methyl/N-ethyl adjacent to an activating group) is 1. The number of aromatic nitrogens is 1. The van der Waals surface area contributed by atoms with Gasteiger partial charge in [0, 0.05) is 91.4 Å². The maximum atomic E-state index is 15.2. The van der Waals surface area contributed by atoms with Crippen molar-refractivity contribution in [3.8, 4) is 0 Å². The molecular weight excluding hydrogens is 692 g/mol. The standard InChI is InChI=1S/C37H40FN5O2.HI/c1-5-41-18-20-43(21-19-41)31-16-11-29(12-17-31)39-34-25-35-26(23-33(34)38)8-13-30(40(35)4)14-10-28-22-27-9-15-32(42(6-2)7-3)24-36(27)45-37(28)44;/h8-17,22-25H,5-7,18-21H2,1-4H3;1H/b14-10+;. The van der Waals surface area contributed by atoms with E-state index in [9.17, 15) is 4.79 Å². The summed E-state index contributed by atoms with van der Waals surface area (Å²) in [6, 6.07) is 23.2. The summed E-state index contributed by atoms with van der Waals surface area (Å²) < 4.78 is 22.9. The van der Waals surface area contributed by atoms with Gasteiger partial charge in [-0.15, -0.1) is 0 Å². The van der Waals surface area contributed by atoms with Gasteiger partial charge in [0.25, 0.3) is 0 Å². The van der Waals surface area contributed by atoms with Gasteiger partial charge in [-0.2, -0.15) is 4.57 Å². The Kier molecular flexibility index (Phi) is 10.6.